The summed E-state index contributed by atoms with van der Waals surface area (Å²) >= 11 is 0. The van der Waals surface area contributed by atoms with Crippen LogP contribution in [0.4, 0.5) is 13.2 Å². The van der Waals surface area contributed by atoms with Crippen LogP contribution in [0.5, 0.6) is 0 Å². The van der Waals surface area contributed by atoms with Crippen LogP contribution in [0.1, 0.15) is 26.2 Å². The van der Waals surface area contributed by atoms with Gasteiger partial charge in [0.15, 0.2) is 0 Å². The van der Waals surface area contributed by atoms with E-state index >= 15 is 0 Å². The Morgan fingerprint density at radius 3 is 2.61 bits per heavy atom. The van der Waals surface area contributed by atoms with Crippen LogP contribution in [0.3, 0.4) is 0 Å². The number of halogens is 4. The van der Waals surface area contributed by atoms with Crippen LogP contribution in [0.2, 0.25) is 0 Å². The van der Waals surface area contributed by atoms with E-state index in [4.69, 9.17) is 5.73 Å². The first kappa shape index (κ1) is 20.0. The monoisotopic (exact) mass is 357 g/mol. The second-order valence-electron chi connectivity index (χ2n) is 6.34. The summed E-state index contributed by atoms with van der Waals surface area (Å²) in [6.07, 6.45) is -2.77. The van der Waals surface area contributed by atoms with Gasteiger partial charge in [-0.3, -0.25) is 9.59 Å². The Hall–Kier alpha value is -1.02. The zero-order valence-electron chi connectivity index (χ0n) is 13.0. The number of carbonyl (C=O) groups excluding carboxylic acids is 2. The molecule has 3 atom stereocenters. The number of likely N-dealkylation sites (tertiary alicyclic amines) is 2. The summed E-state index contributed by atoms with van der Waals surface area (Å²) in [5.41, 5.74) is 5.87. The topological polar surface area (TPSA) is 66.6 Å². The van der Waals surface area contributed by atoms with E-state index in [-0.39, 0.29) is 43.2 Å². The van der Waals surface area contributed by atoms with E-state index < -0.39 is 24.5 Å². The highest BCUT2D eigenvalue weighted by Crippen LogP contribution is 2.27. The molecule has 3 unspecified atom stereocenters. The predicted octanol–water partition coefficient (Wildman–Crippen LogP) is 1.40. The van der Waals surface area contributed by atoms with E-state index in [0.29, 0.717) is 13.1 Å². The standard InChI is InChI=1S/C14H22F3N3O2.ClH/c1-9(18)10-3-2-4-19(6-10)13(22)11-5-12(21)20(7-11)8-14(15,16)17;/h9-11H,2-8,18H2,1H3;1H. The van der Waals surface area contributed by atoms with Crippen molar-refractivity contribution in [1.29, 1.82) is 0 Å². The van der Waals surface area contributed by atoms with Crippen LogP contribution in [-0.4, -0.2) is 60.0 Å². The largest absolute Gasteiger partial charge is 0.406 e. The first-order chi connectivity index (χ1) is 10.2. The summed E-state index contributed by atoms with van der Waals surface area (Å²) < 4.78 is 37.2. The molecule has 0 aromatic heterocycles. The summed E-state index contributed by atoms with van der Waals surface area (Å²) in [7, 11) is 0. The third-order valence-electron chi connectivity index (χ3n) is 4.45. The van der Waals surface area contributed by atoms with Gasteiger partial charge in [-0.05, 0) is 25.7 Å². The lowest BCUT2D eigenvalue weighted by Gasteiger charge is -2.35. The lowest BCUT2D eigenvalue weighted by molar-refractivity contribution is -0.157. The average molecular weight is 358 g/mol. The van der Waals surface area contributed by atoms with Crippen molar-refractivity contribution >= 4 is 24.2 Å². The van der Waals surface area contributed by atoms with E-state index in [0.717, 1.165) is 17.7 Å². The maximum Gasteiger partial charge on any atom is 0.406 e. The summed E-state index contributed by atoms with van der Waals surface area (Å²) in [5.74, 6) is -1.28. The molecule has 0 saturated carbocycles. The SMILES string of the molecule is CC(N)C1CCCN(C(=O)C2CC(=O)N(CC(F)(F)F)C2)C1.Cl. The first-order valence-corrected chi connectivity index (χ1v) is 7.56. The molecule has 9 heteroatoms. The van der Waals surface area contributed by atoms with Gasteiger partial charge in [0.25, 0.3) is 0 Å². The quantitative estimate of drug-likeness (QED) is 0.830. The number of hydrogen-bond donors (Lipinski definition) is 1. The highest BCUT2D eigenvalue weighted by atomic mass is 35.5. The first-order valence-electron chi connectivity index (χ1n) is 7.56. The van der Waals surface area contributed by atoms with Gasteiger partial charge >= 0.3 is 6.18 Å². The molecule has 2 fully saturated rings. The Morgan fingerprint density at radius 2 is 2.04 bits per heavy atom. The minimum absolute atomic E-state index is 0. The third kappa shape index (κ3) is 5.24. The number of piperidine rings is 1. The molecule has 0 aromatic rings. The normalized spacial score (nSPS) is 26.9. The fraction of sp³-hybridized carbons (Fsp3) is 0.857. The summed E-state index contributed by atoms with van der Waals surface area (Å²) in [6.45, 7) is 1.59. The summed E-state index contributed by atoms with van der Waals surface area (Å²) in [6, 6.07) is -0.0254. The molecule has 2 aliphatic heterocycles. The third-order valence-corrected chi connectivity index (χ3v) is 4.45. The van der Waals surface area contributed by atoms with Gasteiger partial charge in [0.2, 0.25) is 11.8 Å². The summed E-state index contributed by atoms with van der Waals surface area (Å²) in [4.78, 5) is 26.5. The lowest BCUT2D eigenvalue weighted by atomic mass is 9.91. The number of carbonyl (C=O) groups is 2. The number of amides is 2. The number of alkyl halides is 3. The maximum atomic E-state index is 12.5. The molecule has 2 heterocycles. The van der Waals surface area contributed by atoms with E-state index in [1.807, 2.05) is 6.92 Å². The molecule has 0 aromatic carbocycles. The van der Waals surface area contributed by atoms with E-state index in [2.05, 4.69) is 0 Å². The van der Waals surface area contributed by atoms with Gasteiger partial charge in [0, 0.05) is 32.1 Å². The molecule has 2 amide bonds. The molecular weight excluding hydrogens is 335 g/mol. The molecule has 23 heavy (non-hydrogen) atoms. The molecule has 2 aliphatic rings. The Morgan fingerprint density at radius 1 is 1.39 bits per heavy atom. The van der Waals surface area contributed by atoms with Crippen molar-refractivity contribution < 1.29 is 22.8 Å². The van der Waals surface area contributed by atoms with Crippen molar-refractivity contribution in [2.45, 2.75) is 38.4 Å². The van der Waals surface area contributed by atoms with Crippen LogP contribution in [0.15, 0.2) is 0 Å². The van der Waals surface area contributed by atoms with Crippen molar-refractivity contribution in [3.05, 3.63) is 0 Å². The predicted molar refractivity (Wildman–Crippen MR) is 80.9 cm³/mol. The highest BCUT2D eigenvalue weighted by Gasteiger charge is 2.42. The van der Waals surface area contributed by atoms with Crippen molar-refractivity contribution in [3.63, 3.8) is 0 Å². The van der Waals surface area contributed by atoms with Gasteiger partial charge in [-0.1, -0.05) is 0 Å². The molecular formula is C14H23ClF3N3O2. The molecule has 2 rings (SSSR count). The number of rotatable bonds is 3. The van der Waals surface area contributed by atoms with E-state index in [9.17, 15) is 22.8 Å². The van der Waals surface area contributed by atoms with Crippen LogP contribution in [0.25, 0.3) is 0 Å². The van der Waals surface area contributed by atoms with Crippen molar-refractivity contribution in [3.8, 4) is 0 Å². The second kappa shape index (κ2) is 7.70. The van der Waals surface area contributed by atoms with Crippen LogP contribution in [-0.2, 0) is 9.59 Å². The van der Waals surface area contributed by atoms with Crippen LogP contribution < -0.4 is 5.73 Å². The van der Waals surface area contributed by atoms with Crippen LogP contribution in [0, 0.1) is 11.8 Å². The van der Waals surface area contributed by atoms with E-state index in [1.165, 1.54) is 0 Å². The van der Waals surface area contributed by atoms with Gasteiger partial charge in [-0.15, -0.1) is 12.4 Å². The number of hydrogen-bond acceptors (Lipinski definition) is 3. The average Bonchev–Trinajstić information content (AvgIpc) is 2.77. The molecule has 0 spiro atoms. The van der Waals surface area contributed by atoms with Gasteiger partial charge < -0.3 is 15.5 Å². The number of nitrogens with zero attached hydrogens (tertiary/aromatic N) is 2. The Kier molecular flexibility index (Phi) is 6.70. The molecule has 0 aliphatic carbocycles. The van der Waals surface area contributed by atoms with Crippen molar-refractivity contribution in [1.82, 2.24) is 9.80 Å². The molecule has 134 valence electrons. The lowest BCUT2D eigenvalue weighted by Crippen LogP contribution is -2.47. The fourth-order valence-electron chi connectivity index (χ4n) is 3.20. The Bertz CT molecular complexity index is 445. The number of nitrogens with two attached hydrogens (primary N) is 1. The smallest absolute Gasteiger partial charge is 0.342 e. The van der Waals surface area contributed by atoms with Crippen molar-refractivity contribution in [2.24, 2.45) is 17.6 Å². The maximum absolute atomic E-state index is 12.5. The zero-order chi connectivity index (χ0) is 16.5. The van der Waals surface area contributed by atoms with E-state index in [1.54, 1.807) is 4.90 Å². The van der Waals surface area contributed by atoms with Gasteiger partial charge in [-0.25, -0.2) is 0 Å². The minimum Gasteiger partial charge on any atom is -0.342 e. The molecule has 0 radical (unpaired) electrons. The van der Waals surface area contributed by atoms with Gasteiger partial charge in [0.1, 0.15) is 6.54 Å². The zero-order valence-corrected chi connectivity index (χ0v) is 13.8. The Labute approximate surface area is 139 Å². The van der Waals surface area contributed by atoms with Gasteiger partial charge in [0.05, 0.1) is 5.92 Å². The molecule has 2 N–H and O–H groups in total. The molecule has 5 nitrogen and oxygen atoms in total. The minimum atomic E-state index is -4.43. The Balaban J connectivity index is 0.00000264. The second-order valence-corrected chi connectivity index (χ2v) is 6.34. The molecule has 0 bridgehead atoms. The highest BCUT2D eigenvalue weighted by molar-refractivity contribution is 5.89. The van der Waals surface area contributed by atoms with Gasteiger partial charge in [-0.2, -0.15) is 13.2 Å². The fourth-order valence-corrected chi connectivity index (χ4v) is 3.20. The summed E-state index contributed by atoms with van der Waals surface area (Å²) in [5, 5.41) is 0. The van der Waals surface area contributed by atoms with Crippen molar-refractivity contribution in [2.75, 3.05) is 26.2 Å². The molecule has 2 saturated heterocycles. The van der Waals surface area contributed by atoms with Crippen LogP contribution >= 0.6 is 12.4 Å².